The molecule has 0 unspecified atom stereocenters. The molecule has 5 heteroatoms. The molecule has 0 aliphatic carbocycles. The van der Waals surface area contributed by atoms with Crippen molar-refractivity contribution in [2.75, 3.05) is 0 Å². The van der Waals surface area contributed by atoms with E-state index in [0.29, 0.717) is 5.69 Å². The SMILES string of the molecule is CC(C)c1ccccc1-n1cc(C#N)c(=O)[nH]c1=O. The Morgan fingerprint density at radius 1 is 1.26 bits per heavy atom. The smallest absolute Gasteiger partial charge is 0.273 e. The van der Waals surface area contributed by atoms with Crippen molar-refractivity contribution in [2.24, 2.45) is 0 Å². The highest BCUT2D eigenvalue weighted by molar-refractivity contribution is 5.43. The van der Waals surface area contributed by atoms with Gasteiger partial charge in [0.25, 0.3) is 5.56 Å². The molecule has 2 aromatic rings. The second-order valence-electron chi connectivity index (χ2n) is 4.50. The summed E-state index contributed by atoms with van der Waals surface area (Å²) in [4.78, 5) is 25.4. The maximum atomic E-state index is 11.9. The molecule has 0 radical (unpaired) electrons. The van der Waals surface area contributed by atoms with Gasteiger partial charge in [0, 0.05) is 6.20 Å². The molecule has 1 heterocycles. The van der Waals surface area contributed by atoms with Crippen LogP contribution < -0.4 is 11.2 Å². The van der Waals surface area contributed by atoms with E-state index in [9.17, 15) is 9.59 Å². The quantitative estimate of drug-likeness (QED) is 0.883. The molecule has 2 rings (SSSR count). The van der Waals surface area contributed by atoms with Crippen molar-refractivity contribution in [3.63, 3.8) is 0 Å². The van der Waals surface area contributed by atoms with Crippen molar-refractivity contribution >= 4 is 0 Å². The van der Waals surface area contributed by atoms with E-state index in [1.54, 1.807) is 12.1 Å². The van der Waals surface area contributed by atoms with Crippen LogP contribution in [0.1, 0.15) is 30.9 Å². The molecular weight excluding hydrogens is 242 g/mol. The van der Waals surface area contributed by atoms with Crippen molar-refractivity contribution in [1.29, 1.82) is 5.26 Å². The van der Waals surface area contributed by atoms with E-state index in [2.05, 4.69) is 4.98 Å². The van der Waals surface area contributed by atoms with E-state index in [-0.39, 0.29) is 11.5 Å². The summed E-state index contributed by atoms with van der Waals surface area (Å²) >= 11 is 0. The predicted octanol–water partition coefficient (Wildman–Crippen LogP) is 1.52. The van der Waals surface area contributed by atoms with Crippen molar-refractivity contribution in [2.45, 2.75) is 19.8 Å². The number of rotatable bonds is 2. The van der Waals surface area contributed by atoms with E-state index in [1.165, 1.54) is 10.8 Å². The fourth-order valence-corrected chi connectivity index (χ4v) is 1.92. The van der Waals surface area contributed by atoms with Gasteiger partial charge in [-0.1, -0.05) is 32.0 Å². The summed E-state index contributed by atoms with van der Waals surface area (Å²) in [6, 6.07) is 9.19. The molecule has 1 aromatic heterocycles. The zero-order valence-electron chi connectivity index (χ0n) is 10.7. The minimum atomic E-state index is -0.661. The van der Waals surface area contributed by atoms with Crippen LogP contribution in [0, 0.1) is 11.3 Å². The number of benzene rings is 1. The van der Waals surface area contributed by atoms with Gasteiger partial charge in [-0.3, -0.25) is 14.3 Å². The number of aromatic nitrogens is 2. The molecule has 0 atom stereocenters. The number of hydrogen-bond acceptors (Lipinski definition) is 3. The molecule has 0 bridgehead atoms. The first-order chi connectivity index (χ1) is 9.04. The summed E-state index contributed by atoms with van der Waals surface area (Å²) in [5.74, 6) is 0.223. The molecule has 1 N–H and O–H groups in total. The lowest BCUT2D eigenvalue weighted by Gasteiger charge is -2.13. The fourth-order valence-electron chi connectivity index (χ4n) is 1.92. The minimum Gasteiger partial charge on any atom is -0.273 e. The van der Waals surface area contributed by atoms with Crippen LogP contribution in [0.25, 0.3) is 5.69 Å². The third kappa shape index (κ3) is 2.33. The van der Waals surface area contributed by atoms with Crippen LogP contribution in [-0.4, -0.2) is 9.55 Å². The van der Waals surface area contributed by atoms with Crippen LogP contribution in [0.15, 0.2) is 40.1 Å². The Bertz CT molecular complexity index is 763. The zero-order valence-corrected chi connectivity index (χ0v) is 10.7. The number of nitrogens with zero attached hydrogens (tertiary/aromatic N) is 2. The van der Waals surface area contributed by atoms with Crippen LogP contribution >= 0.6 is 0 Å². The monoisotopic (exact) mass is 255 g/mol. The zero-order chi connectivity index (χ0) is 14.0. The van der Waals surface area contributed by atoms with Gasteiger partial charge in [-0.15, -0.1) is 0 Å². The van der Waals surface area contributed by atoms with Crippen molar-refractivity contribution in [1.82, 2.24) is 9.55 Å². The molecule has 0 aliphatic rings. The molecule has 0 spiro atoms. The third-order valence-corrected chi connectivity index (χ3v) is 2.88. The van der Waals surface area contributed by atoms with Crippen LogP contribution in [0.5, 0.6) is 0 Å². The summed E-state index contributed by atoms with van der Waals surface area (Å²) in [7, 11) is 0. The summed E-state index contributed by atoms with van der Waals surface area (Å²) < 4.78 is 1.30. The Hall–Kier alpha value is -2.61. The summed E-state index contributed by atoms with van der Waals surface area (Å²) in [5, 5.41) is 8.87. The Balaban J connectivity index is 2.77. The molecule has 0 saturated heterocycles. The van der Waals surface area contributed by atoms with E-state index in [4.69, 9.17) is 5.26 Å². The van der Waals surface area contributed by atoms with Crippen molar-refractivity contribution in [3.05, 3.63) is 62.4 Å². The van der Waals surface area contributed by atoms with E-state index in [0.717, 1.165) is 5.56 Å². The largest absolute Gasteiger partial charge is 0.332 e. The van der Waals surface area contributed by atoms with Gasteiger partial charge in [0.1, 0.15) is 11.6 Å². The molecule has 0 aliphatic heterocycles. The first kappa shape index (κ1) is 12.8. The van der Waals surface area contributed by atoms with E-state index >= 15 is 0 Å². The first-order valence-electron chi connectivity index (χ1n) is 5.90. The standard InChI is InChI=1S/C14H13N3O2/c1-9(2)11-5-3-4-6-12(11)17-8-10(7-15)13(18)16-14(17)19/h3-6,8-9H,1-2H3,(H,16,18,19). The minimum absolute atomic E-state index is 0.0850. The molecule has 0 fully saturated rings. The highest BCUT2D eigenvalue weighted by Crippen LogP contribution is 2.21. The number of nitriles is 1. The van der Waals surface area contributed by atoms with Crippen molar-refractivity contribution in [3.8, 4) is 11.8 Å². The molecular formula is C14H13N3O2. The first-order valence-corrected chi connectivity index (χ1v) is 5.90. The van der Waals surface area contributed by atoms with Gasteiger partial charge in [0.05, 0.1) is 5.69 Å². The maximum absolute atomic E-state index is 11.9. The molecule has 19 heavy (non-hydrogen) atoms. The summed E-state index contributed by atoms with van der Waals surface area (Å²) in [6.45, 7) is 4.03. The summed E-state index contributed by atoms with van der Waals surface area (Å²) in [5.41, 5.74) is 0.358. The van der Waals surface area contributed by atoms with Gasteiger partial charge in [-0.05, 0) is 17.5 Å². The normalized spacial score (nSPS) is 10.4. The number of nitrogens with one attached hydrogen (secondary N) is 1. The lowest BCUT2D eigenvalue weighted by molar-refractivity contribution is 0.819. The Labute approximate surface area is 109 Å². The number of hydrogen-bond donors (Lipinski definition) is 1. The van der Waals surface area contributed by atoms with Crippen molar-refractivity contribution < 1.29 is 0 Å². The average Bonchev–Trinajstić information content (AvgIpc) is 2.39. The topological polar surface area (TPSA) is 78.7 Å². The van der Waals surface area contributed by atoms with Crippen LogP contribution in [0.2, 0.25) is 0 Å². The lowest BCUT2D eigenvalue weighted by Crippen LogP contribution is -2.30. The second-order valence-corrected chi connectivity index (χ2v) is 4.50. The molecule has 0 amide bonds. The number of H-pyrrole nitrogens is 1. The Morgan fingerprint density at radius 3 is 2.58 bits per heavy atom. The van der Waals surface area contributed by atoms with Gasteiger partial charge >= 0.3 is 5.69 Å². The predicted molar refractivity (Wildman–Crippen MR) is 71.5 cm³/mol. The van der Waals surface area contributed by atoms with E-state index < -0.39 is 11.2 Å². The van der Waals surface area contributed by atoms with Crippen LogP contribution in [-0.2, 0) is 0 Å². The number of aromatic amines is 1. The highest BCUT2D eigenvalue weighted by atomic mass is 16.2. The molecule has 1 aromatic carbocycles. The molecule has 96 valence electrons. The average molecular weight is 255 g/mol. The lowest BCUT2D eigenvalue weighted by atomic mass is 10.0. The van der Waals surface area contributed by atoms with Gasteiger partial charge in [0.15, 0.2) is 0 Å². The summed E-state index contributed by atoms with van der Waals surface area (Å²) in [6.07, 6.45) is 1.28. The van der Waals surface area contributed by atoms with Crippen LogP contribution in [0.3, 0.4) is 0 Å². The Kier molecular flexibility index (Phi) is 3.34. The molecule has 0 saturated carbocycles. The highest BCUT2D eigenvalue weighted by Gasteiger charge is 2.11. The van der Waals surface area contributed by atoms with Gasteiger partial charge < -0.3 is 0 Å². The molecule has 5 nitrogen and oxygen atoms in total. The third-order valence-electron chi connectivity index (χ3n) is 2.88. The van der Waals surface area contributed by atoms with Gasteiger partial charge in [-0.25, -0.2) is 4.79 Å². The second kappa shape index (κ2) is 4.94. The van der Waals surface area contributed by atoms with E-state index in [1.807, 2.05) is 32.0 Å². The Morgan fingerprint density at radius 2 is 1.95 bits per heavy atom. The van der Waals surface area contributed by atoms with Gasteiger partial charge in [-0.2, -0.15) is 5.26 Å². The van der Waals surface area contributed by atoms with Gasteiger partial charge in [0.2, 0.25) is 0 Å². The number of para-hydroxylation sites is 1. The van der Waals surface area contributed by atoms with Crippen LogP contribution in [0.4, 0.5) is 0 Å². The maximum Gasteiger partial charge on any atom is 0.332 e. The fraction of sp³-hybridized carbons (Fsp3) is 0.214.